The summed E-state index contributed by atoms with van der Waals surface area (Å²) in [5.74, 6) is 0.0875. The van der Waals surface area contributed by atoms with Crippen molar-refractivity contribution in [3.8, 4) is 0 Å². The third-order valence-corrected chi connectivity index (χ3v) is 4.20. The number of carbonyl (C=O) groups is 2. The topological polar surface area (TPSA) is 67.2 Å². The molecule has 0 saturated carbocycles. The van der Waals surface area contributed by atoms with E-state index in [1.807, 2.05) is 34.0 Å². The fourth-order valence-corrected chi connectivity index (χ4v) is 2.67. The minimum atomic E-state index is -0.427. The molecule has 1 saturated heterocycles. The minimum absolute atomic E-state index is 0.00607. The average molecular weight is 292 g/mol. The molecule has 21 heavy (non-hydrogen) atoms. The van der Waals surface area contributed by atoms with Gasteiger partial charge in [0.25, 0.3) is 0 Å². The van der Waals surface area contributed by atoms with Crippen LogP contribution in [-0.2, 0) is 23.2 Å². The van der Waals surface area contributed by atoms with E-state index in [1.54, 1.807) is 15.8 Å². The molecule has 2 amide bonds. The van der Waals surface area contributed by atoms with Crippen molar-refractivity contribution < 1.29 is 9.59 Å². The van der Waals surface area contributed by atoms with Crippen molar-refractivity contribution in [2.75, 3.05) is 0 Å². The van der Waals surface area contributed by atoms with Gasteiger partial charge in [0.2, 0.25) is 11.8 Å². The molecule has 0 aliphatic carbocycles. The van der Waals surface area contributed by atoms with Gasteiger partial charge in [-0.05, 0) is 12.8 Å². The van der Waals surface area contributed by atoms with Gasteiger partial charge in [-0.1, -0.05) is 20.3 Å². The first-order valence-corrected chi connectivity index (χ1v) is 7.49. The van der Waals surface area contributed by atoms with Gasteiger partial charge in [-0.15, -0.1) is 0 Å². The normalized spacial score (nSPS) is 24.7. The fraction of sp³-hybridized carbons (Fsp3) is 0.667. The Morgan fingerprint density at radius 3 is 2.76 bits per heavy atom. The molecule has 1 aliphatic rings. The first-order valence-electron chi connectivity index (χ1n) is 7.49. The molecule has 6 nitrogen and oxygen atoms in total. The number of aryl methyl sites for hydroxylation is 1. The first-order chi connectivity index (χ1) is 9.92. The Kier molecular flexibility index (Phi) is 4.65. The van der Waals surface area contributed by atoms with Crippen molar-refractivity contribution in [2.45, 2.75) is 52.2 Å². The van der Waals surface area contributed by atoms with Gasteiger partial charge in [-0.25, -0.2) is 0 Å². The summed E-state index contributed by atoms with van der Waals surface area (Å²) in [6.07, 6.45) is 4.86. The molecule has 1 N–H and O–H groups in total. The second kappa shape index (κ2) is 6.28. The van der Waals surface area contributed by atoms with Gasteiger partial charge in [-0.3, -0.25) is 14.3 Å². The maximum absolute atomic E-state index is 12.8. The second-order valence-corrected chi connectivity index (χ2v) is 5.97. The highest BCUT2D eigenvalue weighted by atomic mass is 16.2. The van der Waals surface area contributed by atoms with Crippen LogP contribution in [0.4, 0.5) is 0 Å². The lowest BCUT2D eigenvalue weighted by Gasteiger charge is -2.30. The number of aromatic nitrogens is 2. The van der Waals surface area contributed by atoms with Gasteiger partial charge in [-0.2, -0.15) is 5.10 Å². The highest BCUT2D eigenvalue weighted by Gasteiger charge is 2.36. The number of nitrogens with zero attached hydrogens (tertiary/aromatic N) is 3. The molecule has 6 heteroatoms. The van der Waals surface area contributed by atoms with E-state index in [0.717, 1.165) is 12.0 Å². The van der Waals surface area contributed by atoms with Crippen molar-refractivity contribution in [1.29, 1.82) is 0 Å². The molecule has 1 aliphatic heterocycles. The highest BCUT2D eigenvalue weighted by Crippen LogP contribution is 2.20. The summed E-state index contributed by atoms with van der Waals surface area (Å²) in [6.45, 7) is 6.45. The number of rotatable bonds is 4. The molecule has 0 bridgehead atoms. The maximum atomic E-state index is 12.8. The van der Waals surface area contributed by atoms with Crippen molar-refractivity contribution in [3.63, 3.8) is 0 Å². The Morgan fingerprint density at radius 1 is 1.48 bits per heavy atom. The van der Waals surface area contributed by atoms with Crippen LogP contribution < -0.4 is 5.32 Å². The van der Waals surface area contributed by atoms with Crippen molar-refractivity contribution in [3.05, 3.63) is 18.0 Å². The molecule has 1 aromatic rings. The van der Waals surface area contributed by atoms with Crippen LogP contribution in [0.3, 0.4) is 0 Å². The van der Waals surface area contributed by atoms with E-state index in [0.29, 0.717) is 13.0 Å². The van der Waals surface area contributed by atoms with Gasteiger partial charge in [0.05, 0.1) is 6.20 Å². The third-order valence-electron chi connectivity index (χ3n) is 4.20. The molecule has 0 aromatic carbocycles. The third kappa shape index (κ3) is 3.43. The summed E-state index contributed by atoms with van der Waals surface area (Å²) in [5, 5.41) is 7.02. The van der Waals surface area contributed by atoms with E-state index in [4.69, 9.17) is 0 Å². The van der Waals surface area contributed by atoms with Gasteiger partial charge < -0.3 is 10.2 Å². The van der Waals surface area contributed by atoms with Crippen molar-refractivity contribution >= 4 is 11.8 Å². The van der Waals surface area contributed by atoms with Gasteiger partial charge in [0.1, 0.15) is 6.04 Å². The van der Waals surface area contributed by atoms with E-state index >= 15 is 0 Å². The lowest BCUT2D eigenvalue weighted by Crippen LogP contribution is -2.49. The fourth-order valence-electron chi connectivity index (χ4n) is 2.67. The monoisotopic (exact) mass is 292 g/mol. The summed E-state index contributed by atoms with van der Waals surface area (Å²) in [4.78, 5) is 26.6. The summed E-state index contributed by atoms with van der Waals surface area (Å²) >= 11 is 0. The zero-order chi connectivity index (χ0) is 15.6. The molecule has 2 rings (SSSR count). The molecule has 0 spiro atoms. The Balaban J connectivity index is 2.23. The van der Waals surface area contributed by atoms with Crippen LogP contribution in [-0.4, -0.2) is 38.6 Å². The lowest BCUT2D eigenvalue weighted by atomic mass is 9.98. The lowest BCUT2D eigenvalue weighted by molar-refractivity contribution is -0.136. The minimum Gasteiger partial charge on any atom is -0.344 e. The Hall–Kier alpha value is -1.85. The molecule has 1 aromatic heterocycles. The molecular weight excluding hydrogens is 268 g/mol. The Labute approximate surface area is 125 Å². The predicted molar refractivity (Wildman–Crippen MR) is 79.2 cm³/mol. The molecule has 116 valence electrons. The summed E-state index contributed by atoms with van der Waals surface area (Å²) in [7, 11) is 1.85. The molecule has 2 heterocycles. The first kappa shape index (κ1) is 15.5. The Morgan fingerprint density at radius 2 is 2.19 bits per heavy atom. The second-order valence-electron chi connectivity index (χ2n) is 5.97. The molecule has 3 unspecified atom stereocenters. The van der Waals surface area contributed by atoms with Crippen LogP contribution in [0.25, 0.3) is 0 Å². The van der Waals surface area contributed by atoms with E-state index in [2.05, 4.69) is 10.4 Å². The molecule has 1 fully saturated rings. The maximum Gasteiger partial charge on any atom is 0.245 e. The van der Waals surface area contributed by atoms with Crippen LogP contribution >= 0.6 is 0 Å². The van der Waals surface area contributed by atoms with E-state index in [1.165, 1.54) is 0 Å². The SMILES string of the molecule is CCC(C)C1NC(=O)CC(C)N(Cc2cnn(C)c2)C1=O. The van der Waals surface area contributed by atoms with Crippen LogP contribution in [0.2, 0.25) is 0 Å². The smallest absolute Gasteiger partial charge is 0.245 e. The van der Waals surface area contributed by atoms with Gasteiger partial charge in [0.15, 0.2) is 0 Å². The zero-order valence-corrected chi connectivity index (χ0v) is 13.2. The molecular formula is C15H24N4O2. The van der Waals surface area contributed by atoms with Crippen molar-refractivity contribution in [2.24, 2.45) is 13.0 Å². The summed E-state index contributed by atoms with van der Waals surface area (Å²) < 4.78 is 1.72. The number of amides is 2. The van der Waals surface area contributed by atoms with Crippen LogP contribution in [0.15, 0.2) is 12.4 Å². The average Bonchev–Trinajstić information content (AvgIpc) is 2.81. The predicted octanol–water partition coefficient (Wildman–Crippen LogP) is 1.07. The number of hydrogen-bond donors (Lipinski definition) is 1. The number of carbonyl (C=O) groups excluding carboxylic acids is 2. The van der Waals surface area contributed by atoms with Crippen LogP contribution in [0.1, 0.15) is 39.2 Å². The van der Waals surface area contributed by atoms with E-state index in [-0.39, 0.29) is 23.8 Å². The number of nitrogens with one attached hydrogen (secondary N) is 1. The summed E-state index contributed by atoms with van der Waals surface area (Å²) in [6, 6.07) is -0.532. The van der Waals surface area contributed by atoms with Crippen LogP contribution in [0, 0.1) is 5.92 Å². The zero-order valence-electron chi connectivity index (χ0n) is 13.2. The van der Waals surface area contributed by atoms with Gasteiger partial charge >= 0.3 is 0 Å². The Bertz CT molecular complexity index is 525. The van der Waals surface area contributed by atoms with Crippen molar-refractivity contribution in [1.82, 2.24) is 20.0 Å². The van der Waals surface area contributed by atoms with E-state index < -0.39 is 6.04 Å². The standard InChI is InChI=1S/C15H24N4O2/c1-5-10(2)14-15(21)19(11(3)6-13(20)17-14)9-12-7-16-18(4)8-12/h7-8,10-11,14H,5-6,9H2,1-4H3,(H,17,20). The highest BCUT2D eigenvalue weighted by molar-refractivity contribution is 5.90. The number of hydrogen-bond acceptors (Lipinski definition) is 3. The van der Waals surface area contributed by atoms with Gasteiger partial charge in [0, 0.05) is 37.8 Å². The quantitative estimate of drug-likeness (QED) is 0.902. The summed E-state index contributed by atoms with van der Waals surface area (Å²) in [5.41, 5.74) is 0.981. The molecule has 0 radical (unpaired) electrons. The van der Waals surface area contributed by atoms with Crippen LogP contribution in [0.5, 0.6) is 0 Å². The largest absolute Gasteiger partial charge is 0.344 e. The van der Waals surface area contributed by atoms with E-state index in [9.17, 15) is 9.59 Å². The molecule has 3 atom stereocenters.